The van der Waals surface area contributed by atoms with E-state index in [0.29, 0.717) is 5.41 Å². The molecule has 2 heteroatoms. The standard InChI is InChI=1S/C11H22N2/c1-9-5-10(9)6-13-8-11(2)3-4-12-7-11/h9-10,12-13H,3-8H2,1-2H3. The van der Waals surface area contributed by atoms with Gasteiger partial charge in [-0.1, -0.05) is 13.8 Å². The van der Waals surface area contributed by atoms with Crippen LogP contribution in [-0.2, 0) is 0 Å². The first-order valence-electron chi connectivity index (χ1n) is 5.61. The first-order valence-corrected chi connectivity index (χ1v) is 5.61. The highest BCUT2D eigenvalue weighted by Gasteiger charge is 2.33. The van der Waals surface area contributed by atoms with Gasteiger partial charge in [-0.3, -0.25) is 0 Å². The van der Waals surface area contributed by atoms with Crippen LogP contribution in [-0.4, -0.2) is 26.2 Å². The minimum Gasteiger partial charge on any atom is -0.316 e. The maximum Gasteiger partial charge on any atom is 0.00179 e. The largest absolute Gasteiger partial charge is 0.316 e. The van der Waals surface area contributed by atoms with Gasteiger partial charge in [0.05, 0.1) is 0 Å². The van der Waals surface area contributed by atoms with E-state index in [1.165, 1.54) is 39.0 Å². The summed E-state index contributed by atoms with van der Waals surface area (Å²) < 4.78 is 0. The maximum atomic E-state index is 3.62. The molecule has 0 aromatic heterocycles. The van der Waals surface area contributed by atoms with Crippen LogP contribution in [0.5, 0.6) is 0 Å². The van der Waals surface area contributed by atoms with Crippen LogP contribution in [0.1, 0.15) is 26.7 Å². The normalized spacial score (nSPS) is 43.8. The Kier molecular flexibility index (Phi) is 2.61. The first-order chi connectivity index (χ1) is 6.20. The SMILES string of the molecule is CC1CC1CNCC1(C)CCNC1. The van der Waals surface area contributed by atoms with Gasteiger partial charge in [-0.2, -0.15) is 0 Å². The fraction of sp³-hybridized carbons (Fsp3) is 1.00. The van der Waals surface area contributed by atoms with Crippen LogP contribution in [0.4, 0.5) is 0 Å². The Morgan fingerprint density at radius 3 is 2.85 bits per heavy atom. The van der Waals surface area contributed by atoms with Crippen LogP contribution in [0.25, 0.3) is 0 Å². The van der Waals surface area contributed by atoms with Gasteiger partial charge in [0, 0.05) is 13.1 Å². The van der Waals surface area contributed by atoms with Crippen LogP contribution < -0.4 is 10.6 Å². The maximum absolute atomic E-state index is 3.62. The molecule has 2 aliphatic rings. The van der Waals surface area contributed by atoms with Crippen LogP contribution in [0.2, 0.25) is 0 Å². The van der Waals surface area contributed by atoms with Crippen LogP contribution in [0.3, 0.4) is 0 Å². The molecule has 0 radical (unpaired) electrons. The molecule has 3 atom stereocenters. The smallest absolute Gasteiger partial charge is 0.00179 e. The van der Waals surface area contributed by atoms with Gasteiger partial charge in [-0.15, -0.1) is 0 Å². The Bertz CT molecular complexity index is 173. The minimum absolute atomic E-state index is 0.526. The molecule has 0 amide bonds. The van der Waals surface area contributed by atoms with Crippen LogP contribution in [0, 0.1) is 17.3 Å². The number of rotatable bonds is 4. The van der Waals surface area contributed by atoms with Gasteiger partial charge in [-0.25, -0.2) is 0 Å². The van der Waals surface area contributed by atoms with Gasteiger partial charge in [-0.05, 0) is 43.2 Å². The molecule has 76 valence electrons. The molecule has 2 rings (SSSR count). The van der Waals surface area contributed by atoms with E-state index >= 15 is 0 Å². The molecule has 2 nitrogen and oxygen atoms in total. The second kappa shape index (κ2) is 3.58. The lowest BCUT2D eigenvalue weighted by Crippen LogP contribution is -2.34. The lowest BCUT2D eigenvalue weighted by molar-refractivity contribution is 0.336. The third-order valence-corrected chi connectivity index (χ3v) is 3.69. The highest BCUT2D eigenvalue weighted by molar-refractivity contribution is 4.88. The molecule has 3 unspecified atom stereocenters. The van der Waals surface area contributed by atoms with Crippen LogP contribution in [0.15, 0.2) is 0 Å². The third kappa shape index (κ3) is 2.44. The van der Waals surface area contributed by atoms with Crippen molar-refractivity contribution in [3.8, 4) is 0 Å². The minimum atomic E-state index is 0.526. The summed E-state index contributed by atoms with van der Waals surface area (Å²) in [7, 11) is 0. The quantitative estimate of drug-likeness (QED) is 0.683. The van der Waals surface area contributed by atoms with Crippen molar-refractivity contribution in [2.24, 2.45) is 17.3 Å². The molecule has 1 heterocycles. The second-order valence-corrected chi connectivity index (χ2v) is 5.34. The Balaban J connectivity index is 1.61. The zero-order chi connectivity index (χ0) is 9.31. The van der Waals surface area contributed by atoms with Crippen molar-refractivity contribution < 1.29 is 0 Å². The summed E-state index contributed by atoms with van der Waals surface area (Å²) in [5, 5.41) is 7.06. The molecule has 13 heavy (non-hydrogen) atoms. The summed E-state index contributed by atoms with van der Waals surface area (Å²) >= 11 is 0. The van der Waals surface area contributed by atoms with Gasteiger partial charge >= 0.3 is 0 Å². The molecular weight excluding hydrogens is 160 g/mol. The summed E-state index contributed by atoms with van der Waals surface area (Å²) in [5.41, 5.74) is 0.526. The van der Waals surface area contributed by atoms with E-state index in [1.54, 1.807) is 0 Å². The lowest BCUT2D eigenvalue weighted by Gasteiger charge is -2.22. The molecule has 1 saturated carbocycles. The van der Waals surface area contributed by atoms with Gasteiger partial charge in [0.1, 0.15) is 0 Å². The van der Waals surface area contributed by atoms with E-state index in [1.807, 2.05) is 0 Å². The number of nitrogens with one attached hydrogen (secondary N) is 2. The monoisotopic (exact) mass is 182 g/mol. The molecule has 0 bridgehead atoms. The Hall–Kier alpha value is -0.0800. The molecule has 0 aromatic rings. The molecule has 1 aliphatic heterocycles. The molecule has 0 spiro atoms. The average molecular weight is 182 g/mol. The second-order valence-electron chi connectivity index (χ2n) is 5.34. The van der Waals surface area contributed by atoms with E-state index < -0.39 is 0 Å². The van der Waals surface area contributed by atoms with E-state index in [0.717, 1.165) is 11.8 Å². The van der Waals surface area contributed by atoms with Gasteiger partial charge < -0.3 is 10.6 Å². The highest BCUT2D eigenvalue weighted by Crippen LogP contribution is 2.37. The Labute approximate surface area is 81.5 Å². The zero-order valence-electron chi connectivity index (χ0n) is 8.90. The average Bonchev–Trinajstić information content (AvgIpc) is 2.62. The van der Waals surface area contributed by atoms with Gasteiger partial charge in [0.15, 0.2) is 0 Å². The molecule has 1 saturated heterocycles. The fourth-order valence-electron chi connectivity index (χ4n) is 2.26. The van der Waals surface area contributed by atoms with Crippen molar-refractivity contribution in [2.75, 3.05) is 26.2 Å². The van der Waals surface area contributed by atoms with E-state index in [2.05, 4.69) is 24.5 Å². The summed E-state index contributed by atoms with van der Waals surface area (Å²) in [5.74, 6) is 1.97. The van der Waals surface area contributed by atoms with Crippen LogP contribution >= 0.6 is 0 Å². The highest BCUT2D eigenvalue weighted by atomic mass is 15.0. The molecule has 2 N–H and O–H groups in total. The van der Waals surface area contributed by atoms with Crippen molar-refractivity contribution in [3.05, 3.63) is 0 Å². The molecule has 0 aromatic carbocycles. The van der Waals surface area contributed by atoms with Crippen molar-refractivity contribution in [3.63, 3.8) is 0 Å². The molecular formula is C11H22N2. The predicted octanol–water partition coefficient (Wildman–Crippen LogP) is 1.23. The van der Waals surface area contributed by atoms with Gasteiger partial charge in [0.2, 0.25) is 0 Å². The predicted molar refractivity (Wildman–Crippen MR) is 55.7 cm³/mol. The Morgan fingerprint density at radius 1 is 1.54 bits per heavy atom. The van der Waals surface area contributed by atoms with E-state index in [4.69, 9.17) is 0 Å². The van der Waals surface area contributed by atoms with Crippen molar-refractivity contribution in [1.29, 1.82) is 0 Å². The third-order valence-electron chi connectivity index (χ3n) is 3.69. The fourth-order valence-corrected chi connectivity index (χ4v) is 2.26. The molecule has 2 fully saturated rings. The topological polar surface area (TPSA) is 24.1 Å². The summed E-state index contributed by atoms with van der Waals surface area (Å²) in [6.07, 6.45) is 2.78. The van der Waals surface area contributed by atoms with E-state index in [9.17, 15) is 0 Å². The number of hydrogen-bond acceptors (Lipinski definition) is 2. The summed E-state index contributed by atoms with van der Waals surface area (Å²) in [6.45, 7) is 9.58. The summed E-state index contributed by atoms with van der Waals surface area (Å²) in [4.78, 5) is 0. The number of hydrogen-bond donors (Lipinski definition) is 2. The first kappa shape index (κ1) is 9.47. The lowest BCUT2D eigenvalue weighted by atomic mass is 9.90. The summed E-state index contributed by atoms with van der Waals surface area (Å²) in [6, 6.07) is 0. The van der Waals surface area contributed by atoms with E-state index in [-0.39, 0.29) is 0 Å². The zero-order valence-corrected chi connectivity index (χ0v) is 8.90. The van der Waals surface area contributed by atoms with Crippen molar-refractivity contribution in [2.45, 2.75) is 26.7 Å². The Morgan fingerprint density at radius 2 is 2.31 bits per heavy atom. The van der Waals surface area contributed by atoms with Crippen molar-refractivity contribution in [1.82, 2.24) is 10.6 Å². The van der Waals surface area contributed by atoms with Gasteiger partial charge in [0.25, 0.3) is 0 Å². The molecule has 1 aliphatic carbocycles. The van der Waals surface area contributed by atoms with Crippen molar-refractivity contribution >= 4 is 0 Å².